The minimum atomic E-state index is -3.58. The maximum atomic E-state index is 12.2. The fourth-order valence-electron chi connectivity index (χ4n) is 2.01. The topological polar surface area (TPSA) is 113 Å². The molecule has 2 amide bonds. The van der Waals surface area contributed by atoms with Gasteiger partial charge in [-0.3, -0.25) is 20.4 Å². The molecular weight excluding hydrogens is 344 g/mol. The van der Waals surface area contributed by atoms with E-state index in [9.17, 15) is 23.1 Å². The van der Waals surface area contributed by atoms with Gasteiger partial charge in [0.05, 0.1) is 16.2 Å². The van der Waals surface area contributed by atoms with E-state index in [1.165, 1.54) is 24.3 Å². The van der Waals surface area contributed by atoms with Gasteiger partial charge in [0.15, 0.2) is 9.84 Å². The molecule has 0 aliphatic rings. The van der Waals surface area contributed by atoms with E-state index >= 15 is 0 Å². The van der Waals surface area contributed by atoms with Crippen LogP contribution in [-0.2, 0) is 14.6 Å². The Balaban J connectivity index is 1.87. The second kappa shape index (κ2) is 7.80. The molecule has 0 unspecified atom stereocenters. The van der Waals surface area contributed by atoms with Crippen LogP contribution in [0.5, 0.6) is 5.75 Å². The Morgan fingerprint density at radius 3 is 2.28 bits per heavy atom. The predicted molar refractivity (Wildman–Crippen MR) is 91.6 cm³/mol. The van der Waals surface area contributed by atoms with Gasteiger partial charge in [0.25, 0.3) is 5.91 Å². The second-order valence-electron chi connectivity index (χ2n) is 5.40. The first-order valence-corrected chi connectivity index (χ1v) is 9.11. The number of phenolic OH excluding ortho intramolecular Hbond substituents is 1. The number of hydrogen-bond donors (Lipinski definition) is 3. The van der Waals surface area contributed by atoms with Gasteiger partial charge in [-0.1, -0.05) is 29.8 Å². The number of rotatable bonds is 5. The molecular formula is C17H18N2O5S. The van der Waals surface area contributed by atoms with Gasteiger partial charge in [0.1, 0.15) is 5.75 Å². The number of aromatic hydroxyl groups is 1. The van der Waals surface area contributed by atoms with Gasteiger partial charge in [0, 0.05) is 6.42 Å². The molecule has 0 aliphatic heterocycles. The lowest BCUT2D eigenvalue weighted by molar-refractivity contribution is -0.121. The maximum Gasteiger partial charge on any atom is 0.273 e. The first kappa shape index (κ1) is 18.5. The van der Waals surface area contributed by atoms with Crippen molar-refractivity contribution in [1.29, 1.82) is 0 Å². The molecule has 0 atom stereocenters. The summed E-state index contributed by atoms with van der Waals surface area (Å²) in [5, 5.41) is 9.55. The predicted octanol–water partition coefficient (Wildman–Crippen LogP) is 1.33. The molecule has 8 heteroatoms. The molecule has 0 saturated heterocycles. The second-order valence-corrected chi connectivity index (χ2v) is 7.51. The molecule has 2 rings (SSSR count). The summed E-state index contributed by atoms with van der Waals surface area (Å²) in [4.78, 5) is 23.7. The molecule has 0 fully saturated rings. The summed E-state index contributed by atoms with van der Waals surface area (Å²) in [5.41, 5.74) is 5.19. The summed E-state index contributed by atoms with van der Waals surface area (Å²) >= 11 is 0. The van der Waals surface area contributed by atoms with Crippen molar-refractivity contribution in [3.05, 3.63) is 59.7 Å². The third-order valence-electron chi connectivity index (χ3n) is 3.44. The van der Waals surface area contributed by atoms with Crippen LogP contribution in [0.15, 0.2) is 53.4 Å². The third kappa shape index (κ3) is 5.05. The van der Waals surface area contributed by atoms with Crippen molar-refractivity contribution >= 4 is 21.7 Å². The van der Waals surface area contributed by atoms with Crippen LogP contribution in [0.3, 0.4) is 0 Å². The van der Waals surface area contributed by atoms with E-state index < -0.39 is 21.7 Å². The molecule has 0 heterocycles. The van der Waals surface area contributed by atoms with Crippen molar-refractivity contribution in [2.45, 2.75) is 18.2 Å². The van der Waals surface area contributed by atoms with Crippen molar-refractivity contribution < 1.29 is 23.1 Å². The highest BCUT2D eigenvalue weighted by Crippen LogP contribution is 2.15. The lowest BCUT2D eigenvalue weighted by Crippen LogP contribution is -2.42. The number of hydrogen-bond acceptors (Lipinski definition) is 5. The van der Waals surface area contributed by atoms with Crippen LogP contribution in [0.25, 0.3) is 0 Å². The average Bonchev–Trinajstić information content (AvgIpc) is 2.59. The zero-order valence-electron chi connectivity index (χ0n) is 13.5. The highest BCUT2D eigenvalue weighted by atomic mass is 32.2. The Morgan fingerprint density at radius 1 is 1.00 bits per heavy atom. The number of carbonyl (C=O) groups excluding carboxylic acids is 2. The highest BCUT2D eigenvalue weighted by molar-refractivity contribution is 7.91. The fraction of sp³-hybridized carbons (Fsp3) is 0.176. The van der Waals surface area contributed by atoms with Gasteiger partial charge in [-0.15, -0.1) is 0 Å². The van der Waals surface area contributed by atoms with Gasteiger partial charge in [-0.25, -0.2) is 8.42 Å². The lowest BCUT2D eigenvalue weighted by Gasteiger charge is -2.09. The van der Waals surface area contributed by atoms with Gasteiger partial charge < -0.3 is 5.11 Å². The summed E-state index contributed by atoms with van der Waals surface area (Å²) in [6.07, 6.45) is -0.308. The molecule has 0 spiro atoms. The molecule has 2 aromatic rings. The van der Waals surface area contributed by atoms with E-state index in [1.807, 2.05) is 6.92 Å². The quantitative estimate of drug-likeness (QED) is 0.695. The fourth-order valence-corrected chi connectivity index (χ4v) is 3.25. The first-order valence-electron chi connectivity index (χ1n) is 7.46. The number of hydrazine groups is 1. The monoisotopic (exact) mass is 362 g/mol. The largest absolute Gasteiger partial charge is 0.507 e. The van der Waals surface area contributed by atoms with E-state index in [0.29, 0.717) is 0 Å². The summed E-state index contributed by atoms with van der Waals surface area (Å²) in [7, 11) is -3.58. The number of para-hydroxylation sites is 1. The molecule has 3 N–H and O–H groups in total. The zero-order chi connectivity index (χ0) is 18.4. The summed E-state index contributed by atoms with van der Waals surface area (Å²) in [6, 6.07) is 12.2. The van der Waals surface area contributed by atoms with E-state index in [-0.39, 0.29) is 28.4 Å². The molecule has 0 radical (unpaired) electrons. The van der Waals surface area contributed by atoms with Gasteiger partial charge in [-0.05, 0) is 31.2 Å². The Labute approximate surface area is 145 Å². The first-order chi connectivity index (χ1) is 11.8. The molecule has 7 nitrogen and oxygen atoms in total. The van der Waals surface area contributed by atoms with Crippen LogP contribution < -0.4 is 10.9 Å². The van der Waals surface area contributed by atoms with E-state index in [2.05, 4.69) is 10.9 Å². The summed E-state index contributed by atoms with van der Waals surface area (Å²) in [5.74, 6) is -1.96. The third-order valence-corrected chi connectivity index (χ3v) is 5.17. The normalized spacial score (nSPS) is 10.9. The van der Waals surface area contributed by atoms with Crippen LogP contribution in [-0.4, -0.2) is 31.1 Å². The van der Waals surface area contributed by atoms with Crippen LogP contribution in [0, 0.1) is 6.92 Å². The van der Waals surface area contributed by atoms with Crippen molar-refractivity contribution in [2.75, 3.05) is 5.75 Å². The number of sulfone groups is 1. The number of benzene rings is 2. The SMILES string of the molecule is Cc1ccc(S(=O)(=O)CCC(=O)NNC(=O)c2ccccc2O)cc1. The van der Waals surface area contributed by atoms with Crippen LogP contribution >= 0.6 is 0 Å². The lowest BCUT2D eigenvalue weighted by atomic mass is 10.2. The Morgan fingerprint density at radius 2 is 1.64 bits per heavy atom. The van der Waals surface area contributed by atoms with Crippen LogP contribution in [0.4, 0.5) is 0 Å². The minimum absolute atomic E-state index is 0.00456. The van der Waals surface area contributed by atoms with E-state index in [0.717, 1.165) is 5.56 Å². The van der Waals surface area contributed by atoms with Gasteiger partial charge >= 0.3 is 0 Å². The number of amides is 2. The maximum absolute atomic E-state index is 12.2. The number of nitrogens with one attached hydrogen (secondary N) is 2. The smallest absolute Gasteiger partial charge is 0.273 e. The average molecular weight is 362 g/mol. The van der Waals surface area contributed by atoms with Gasteiger partial charge in [-0.2, -0.15) is 0 Å². The van der Waals surface area contributed by atoms with Crippen molar-refractivity contribution in [3.63, 3.8) is 0 Å². The molecule has 0 bridgehead atoms. The zero-order valence-corrected chi connectivity index (χ0v) is 14.3. The number of aryl methyl sites for hydroxylation is 1. The standard InChI is InChI=1S/C17H18N2O5S/c1-12-6-8-13(9-7-12)25(23,24)11-10-16(21)18-19-17(22)14-4-2-3-5-15(14)20/h2-9,20H,10-11H2,1H3,(H,18,21)(H,19,22). The van der Waals surface area contributed by atoms with Crippen molar-refractivity contribution in [2.24, 2.45) is 0 Å². The van der Waals surface area contributed by atoms with E-state index in [1.54, 1.807) is 24.3 Å². The molecule has 2 aromatic carbocycles. The molecule has 0 saturated carbocycles. The Kier molecular flexibility index (Phi) is 5.76. The van der Waals surface area contributed by atoms with E-state index in [4.69, 9.17) is 0 Å². The molecule has 132 valence electrons. The Hall–Kier alpha value is -2.87. The summed E-state index contributed by atoms with van der Waals surface area (Å²) < 4.78 is 24.3. The van der Waals surface area contributed by atoms with Crippen molar-refractivity contribution in [3.8, 4) is 5.75 Å². The van der Waals surface area contributed by atoms with Crippen molar-refractivity contribution in [1.82, 2.24) is 10.9 Å². The van der Waals surface area contributed by atoms with Crippen LogP contribution in [0.1, 0.15) is 22.3 Å². The number of carbonyl (C=O) groups is 2. The minimum Gasteiger partial charge on any atom is -0.507 e. The Bertz CT molecular complexity index is 876. The molecule has 0 aromatic heterocycles. The van der Waals surface area contributed by atoms with Crippen LogP contribution in [0.2, 0.25) is 0 Å². The van der Waals surface area contributed by atoms with Gasteiger partial charge in [0.2, 0.25) is 5.91 Å². The molecule has 0 aliphatic carbocycles. The number of phenols is 1. The highest BCUT2D eigenvalue weighted by Gasteiger charge is 2.17. The molecule has 25 heavy (non-hydrogen) atoms. The summed E-state index contributed by atoms with van der Waals surface area (Å²) in [6.45, 7) is 1.84.